The van der Waals surface area contributed by atoms with Gasteiger partial charge in [-0.3, -0.25) is 9.59 Å². The molecule has 104 valence electrons. The molecule has 0 saturated heterocycles. The van der Waals surface area contributed by atoms with Crippen LogP contribution in [0.1, 0.15) is 25.3 Å². The minimum atomic E-state index is -0.272. The highest BCUT2D eigenvalue weighted by molar-refractivity contribution is 5.84. The van der Waals surface area contributed by atoms with Gasteiger partial charge in [-0.1, -0.05) is 19.1 Å². The van der Waals surface area contributed by atoms with Gasteiger partial charge >= 0.3 is 0 Å². The summed E-state index contributed by atoms with van der Waals surface area (Å²) in [4.78, 5) is 22.6. The molecule has 0 saturated carbocycles. The molecule has 1 aromatic carbocycles. The molecule has 0 unspecified atom stereocenters. The second-order valence-electron chi connectivity index (χ2n) is 4.25. The SMILES string of the molecule is CCCC(=O)NCC(=O)NCCc1ccc(F)cc1. The van der Waals surface area contributed by atoms with Crippen molar-refractivity contribution in [3.63, 3.8) is 0 Å². The van der Waals surface area contributed by atoms with E-state index in [1.807, 2.05) is 6.92 Å². The summed E-state index contributed by atoms with van der Waals surface area (Å²) in [5.74, 6) is -0.603. The molecule has 1 aromatic rings. The van der Waals surface area contributed by atoms with Crippen molar-refractivity contribution in [3.8, 4) is 0 Å². The number of carbonyl (C=O) groups is 2. The lowest BCUT2D eigenvalue weighted by atomic mass is 10.1. The number of benzene rings is 1. The summed E-state index contributed by atoms with van der Waals surface area (Å²) in [6, 6.07) is 6.15. The van der Waals surface area contributed by atoms with Gasteiger partial charge in [0.1, 0.15) is 5.82 Å². The summed E-state index contributed by atoms with van der Waals surface area (Å²) in [5.41, 5.74) is 0.955. The molecule has 0 spiro atoms. The first-order valence-electron chi connectivity index (χ1n) is 6.39. The first kappa shape index (κ1) is 15.1. The first-order valence-corrected chi connectivity index (χ1v) is 6.39. The van der Waals surface area contributed by atoms with Crippen LogP contribution in [0.15, 0.2) is 24.3 Å². The highest BCUT2D eigenvalue weighted by Crippen LogP contribution is 2.02. The third-order valence-corrected chi connectivity index (χ3v) is 2.57. The maximum atomic E-state index is 12.7. The van der Waals surface area contributed by atoms with E-state index in [0.717, 1.165) is 12.0 Å². The lowest BCUT2D eigenvalue weighted by Crippen LogP contribution is -2.37. The van der Waals surface area contributed by atoms with Crippen LogP contribution in [0.2, 0.25) is 0 Å². The summed E-state index contributed by atoms with van der Waals surface area (Å²) in [7, 11) is 0. The van der Waals surface area contributed by atoms with E-state index in [-0.39, 0.29) is 24.2 Å². The summed E-state index contributed by atoms with van der Waals surface area (Å²) < 4.78 is 12.7. The van der Waals surface area contributed by atoms with Gasteiger partial charge in [-0.2, -0.15) is 0 Å². The van der Waals surface area contributed by atoms with Crippen molar-refractivity contribution in [3.05, 3.63) is 35.6 Å². The zero-order chi connectivity index (χ0) is 14.1. The smallest absolute Gasteiger partial charge is 0.239 e. The molecule has 2 amide bonds. The van der Waals surface area contributed by atoms with Crippen LogP contribution in [0.25, 0.3) is 0 Å². The standard InChI is InChI=1S/C14H19FN2O2/c1-2-3-13(18)17-10-14(19)16-9-8-11-4-6-12(15)7-5-11/h4-7H,2-3,8-10H2,1H3,(H,16,19)(H,17,18). The minimum Gasteiger partial charge on any atom is -0.354 e. The predicted molar refractivity (Wildman–Crippen MR) is 71.0 cm³/mol. The van der Waals surface area contributed by atoms with Crippen molar-refractivity contribution in [2.45, 2.75) is 26.2 Å². The molecular weight excluding hydrogens is 247 g/mol. The minimum absolute atomic E-state index is 0.00223. The second-order valence-corrected chi connectivity index (χ2v) is 4.25. The Morgan fingerprint density at radius 2 is 1.79 bits per heavy atom. The van der Waals surface area contributed by atoms with Crippen LogP contribution in [0.4, 0.5) is 4.39 Å². The molecular formula is C14H19FN2O2. The largest absolute Gasteiger partial charge is 0.354 e. The van der Waals surface area contributed by atoms with Gasteiger partial charge < -0.3 is 10.6 Å². The third-order valence-electron chi connectivity index (χ3n) is 2.57. The van der Waals surface area contributed by atoms with Crippen molar-refractivity contribution in [1.82, 2.24) is 10.6 Å². The van der Waals surface area contributed by atoms with E-state index >= 15 is 0 Å². The molecule has 1 rings (SSSR count). The molecule has 0 aromatic heterocycles. The normalized spacial score (nSPS) is 10.0. The summed E-state index contributed by atoms with van der Waals surface area (Å²) in [5, 5.41) is 5.23. The van der Waals surface area contributed by atoms with Crippen molar-refractivity contribution < 1.29 is 14.0 Å². The molecule has 0 aliphatic heterocycles. The predicted octanol–water partition coefficient (Wildman–Crippen LogP) is 1.40. The Morgan fingerprint density at radius 3 is 2.42 bits per heavy atom. The molecule has 0 aliphatic rings. The fourth-order valence-electron chi connectivity index (χ4n) is 1.55. The number of nitrogens with one attached hydrogen (secondary N) is 2. The molecule has 5 heteroatoms. The van der Waals surface area contributed by atoms with E-state index in [2.05, 4.69) is 10.6 Å². The Morgan fingerprint density at radius 1 is 1.11 bits per heavy atom. The van der Waals surface area contributed by atoms with Crippen molar-refractivity contribution in [1.29, 1.82) is 0 Å². The van der Waals surface area contributed by atoms with Gasteiger partial charge in [-0.15, -0.1) is 0 Å². The molecule has 0 fully saturated rings. The Balaban J connectivity index is 2.16. The zero-order valence-corrected chi connectivity index (χ0v) is 11.0. The molecule has 19 heavy (non-hydrogen) atoms. The lowest BCUT2D eigenvalue weighted by Gasteiger charge is -2.06. The van der Waals surface area contributed by atoms with E-state index in [0.29, 0.717) is 19.4 Å². The number of rotatable bonds is 7. The average Bonchev–Trinajstić information content (AvgIpc) is 2.39. The summed E-state index contributed by atoms with van der Waals surface area (Å²) in [6.07, 6.45) is 1.83. The topological polar surface area (TPSA) is 58.2 Å². The fraction of sp³-hybridized carbons (Fsp3) is 0.429. The van der Waals surface area contributed by atoms with Gasteiger partial charge in [-0.25, -0.2) is 4.39 Å². The Labute approximate surface area is 112 Å². The summed E-state index contributed by atoms with van der Waals surface area (Å²) >= 11 is 0. The Bertz CT molecular complexity index is 418. The van der Waals surface area contributed by atoms with Crippen LogP contribution in [0.5, 0.6) is 0 Å². The zero-order valence-electron chi connectivity index (χ0n) is 11.0. The molecule has 0 heterocycles. The highest BCUT2D eigenvalue weighted by atomic mass is 19.1. The molecule has 0 bridgehead atoms. The van der Waals surface area contributed by atoms with Gasteiger partial charge in [0.05, 0.1) is 6.54 Å². The van der Waals surface area contributed by atoms with Gasteiger partial charge in [-0.05, 0) is 30.5 Å². The fourth-order valence-corrected chi connectivity index (χ4v) is 1.55. The van der Waals surface area contributed by atoms with Crippen LogP contribution in [0, 0.1) is 5.82 Å². The van der Waals surface area contributed by atoms with E-state index in [9.17, 15) is 14.0 Å². The highest BCUT2D eigenvalue weighted by Gasteiger charge is 2.04. The van der Waals surface area contributed by atoms with Gasteiger partial charge in [0.25, 0.3) is 0 Å². The second kappa shape index (κ2) is 8.24. The number of amides is 2. The molecule has 0 aliphatic carbocycles. The van der Waals surface area contributed by atoms with Crippen molar-refractivity contribution in [2.24, 2.45) is 0 Å². The van der Waals surface area contributed by atoms with Crippen LogP contribution in [-0.2, 0) is 16.0 Å². The maximum Gasteiger partial charge on any atom is 0.239 e. The molecule has 0 atom stereocenters. The van der Waals surface area contributed by atoms with E-state index in [4.69, 9.17) is 0 Å². The molecule has 4 nitrogen and oxygen atoms in total. The van der Waals surface area contributed by atoms with E-state index in [1.54, 1.807) is 12.1 Å². The van der Waals surface area contributed by atoms with Crippen molar-refractivity contribution >= 4 is 11.8 Å². The Hall–Kier alpha value is -1.91. The van der Waals surface area contributed by atoms with E-state index < -0.39 is 0 Å². The average molecular weight is 266 g/mol. The summed E-state index contributed by atoms with van der Waals surface area (Å²) in [6.45, 7) is 2.37. The third kappa shape index (κ3) is 6.55. The quantitative estimate of drug-likeness (QED) is 0.783. The number of hydrogen-bond donors (Lipinski definition) is 2. The van der Waals surface area contributed by atoms with Gasteiger partial charge in [0, 0.05) is 13.0 Å². The van der Waals surface area contributed by atoms with Crippen LogP contribution in [0.3, 0.4) is 0 Å². The van der Waals surface area contributed by atoms with Gasteiger partial charge in [0.2, 0.25) is 11.8 Å². The van der Waals surface area contributed by atoms with Crippen LogP contribution < -0.4 is 10.6 Å². The molecule has 0 radical (unpaired) electrons. The molecule has 2 N–H and O–H groups in total. The van der Waals surface area contributed by atoms with Crippen molar-refractivity contribution in [2.75, 3.05) is 13.1 Å². The van der Waals surface area contributed by atoms with Crippen LogP contribution >= 0.6 is 0 Å². The van der Waals surface area contributed by atoms with E-state index in [1.165, 1.54) is 12.1 Å². The lowest BCUT2D eigenvalue weighted by molar-refractivity contribution is -0.126. The monoisotopic (exact) mass is 266 g/mol. The number of hydrogen-bond acceptors (Lipinski definition) is 2. The number of carbonyl (C=O) groups excluding carboxylic acids is 2. The maximum absolute atomic E-state index is 12.7. The van der Waals surface area contributed by atoms with Gasteiger partial charge in [0.15, 0.2) is 0 Å². The van der Waals surface area contributed by atoms with Crippen LogP contribution in [-0.4, -0.2) is 24.9 Å². The Kier molecular flexibility index (Phi) is 6.57. The first-order chi connectivity index (χ1) is 9.11. The number of halogens is 1.